The van der Waals surface area contributed by atoms with Crippen LogP contribution in [-0.4, -0.2) is 22.7 Å². The molecule has 8 nitrogen and oxygen atoms in total. The second-order valence-electron chi connectivity index (χ2n) is 7.93. The van der Waals surface area contributed by atoms with E-state index in [2.05, 4.69) is 22.0 Å². The van der Waals surface area contributed by atoms with Gasteiger partial charge in [0.2, 0.25) is 0 Å². The zero-order chi connectivity index (χ0) is 23.7. The van der Waals surface area contributed by atoms with Crippen molar-refractivity contribution in [3.8, 4) is 11.8 Å². The number of ether oxygens (including phenoxy) is 1. The van der Waals surface area contributed by atoms with Crippen LogP contribution in [0.5, 0.6) is 5.75 Å². The Morgan fingerprint density at radius 1 is 1.27 bits per heavy atom. The molecule has 0 fully saturated rings. The number of allylic oxidation sites excluding steroid dienone is 3. The molecule has 0 spiro atoms. The highest BCUT2D eigenvalue weighted by Gasteiger charge is 2.39. The van der Waals surface area contributed by atoms with Gasteiger partial charge in [-0.15, -0.1) is 0 Å². The number of nitrogens with two attached hydrogens (primary N) is 1. The number of ketones is 1. The molecular formula is C24H21BrN4O4. The highest BCUT2D eigenvalue weighted by atomic mass is 79.9. The average Bonchev–Trinajstić information content (AvgIpc) is 2.81. The summed E-state index contributed by atoms with van der Waals surface area (Å²) in [5, 5.41) is 20.9. The fourth-order valence-corrected chi connectivity index (χ4v) is 4.70. The van der Waals surface area contributed by atoms with Crippen LogP contribution in [0.4, 0.5) is 5.69 Å². The van der Waals surface area contributed by atoms with E-state index < -0.39 is 10.8 Å². The van der Waals surface area contributed by atoms with Crippen molar-refractivity contribution in [3.05, 3.63) is 90.8 Å². The molecule has 2 aliphatic rings. The lowest BCUT2D eigenvalue weighted by Crippen LogP contribution is -2.36. The Morgan fingerprint density at radius 2 is 2.00 bits per heavy atom. The Kier molecular flexibility index (Phi) is 6.20. The number of benzene rings is 2. The molecule has 0 amide bonds. The largest absolute Gasteiger partial charge is 0.489 e. The smallest absolute Gasteiger partial charge is 0.269 e. The molecule has 0 aromatic heterocycles. The van der Waals surface area contributed by atoms with Gasteiger partial charge in [0, 0.05) is 46.9 Å². The normalized spacial score (nSPS) is 18.2. The maximum absolute atomic E-state index is 13.0. The molecule has 1 atom stereocenters. The van der Waals surface area contributed by atoms with Crippen LogP contribution in [0.3, 0.4) is 0 Å². The van der Waals surface area contributed by atoms with Crippen LogP contribution in [0.1, 0.15) is 36.3 Å². The van der Waals surface area contributed by atoms with Crippen LogP contribution in [0.25, 0.3) is 0 Å². The second kappa shape index (κ2) is 9.08. The number of carbonyl (C=O) groups is 1. The van der Waals surface area contributed by atoms with Crippen LogP contribution in [0.2, 0.25) is 0 Å². The quantitative estimate of drug-likeness (QED) is 0.459. The molecule has 1 heterocycles. The molecule has 1 aliphatic heterocycles. The third kappa shape index (κ3) is 4.22. The summed E-state index contributed by atoms with van der Waals surface area (Å²) < 4.78 is 6.87. The maximum atomic E-state index is 13.0. The first-order chi connectivity index (χ1) is 15.8. The lowest BCUT2D eigenvalue weighted by molar-refractivity contribution is -0.384. The summed E-state index contributed by atoms with van der Waals surface area (Å²) in [7, 11) is 1.78. The lowest BCUT2D eigenvalue weighted by Gasteiger charge is -2.38. The van der Waals surface area contributed by atoms with Crippen molar-refractivity contribution in [1.29, 1.82) is 5.26 Å². The number of hydrogen-bond donors (Lipinski definition) is 1. The lowest BCUT2D eigenvalue weighted by atomic mass is 9.75. The molecule has 9 heteroatoms. The van der Waals surface area contributed by atoms with Gasteiger partial charge in [-0.2, -0.15) is 5.26 Å². The molecule has 0 saturated carbocycles. The number of hydrogen-bond acceptors (Lipinski definition) is 7. The van der Waals surface area contributed by atoms with E-state index >= 15 is 0 Å². The summed E-state index contributed by atoms with van der Waals surface area (Å²) in [4.78, 5) is 25.2. The number of rotatable bonds is 5. The van der Waals surface area contributed by atoms with E-state index in [1.54, 1.807) is 30.1 Å². The zero-order valence-electron chi connectivity index (χ0n) is 17.9. The Morgan fingerprint density at radius 3 is 2.67 bits per heavy atom. The summed E-state index contributed by atoms with van der Waals surface area (Å²) in [5.41, 5.74) is 9.50. The number of nitro groups is 1. The Balaban J connectivity index is 1.75. The average molecular weight is 509 g/mol. The van der Waals surface area contributed by atoms with Crippen molar-refractivity contribution in [1.82, 2.24) is 4.90 Å². The molecule has 0 saturated heterocycles. The van der Waals surface area contributed by atoms with Crippen LogP contribution < -0.4 is 10.5 Å². The molecule has 33 heavy (non-hydrogen) atoms. The highest BCUT2D eigenvalue weighted by Crippen LogP contribution is 2.47. The standard InChI is InChI=1S/C24H21BrN4O4/c1-28-19-3-2-4-20(30)23(19)22(18(12-26)24(28)27)17-11-15(25)7-10-21(17)33-13-14-5-8-16(9-6-14)29(31)32/h5-11,22H,2-4,13,27H2,1H3/t22-/m1/s1. The predicted octanol–water partition coefficient (Wildman–Crippen LogP) is 4.67. The van der Waals surface area contributed by atoms with Gasteiger partial charge in [-0.05, 0) is 48.7 Å². The molecule has 2 aromatic rings. The van der Waals surface area contributed by atoms with Crippen LogP contribution in [0, 0.1) is 21.4 Å². The highest BCUT2D eigenvalue weighted by molar-refractivity contribution is 9.10. The van der Waals surface area contributed by atoms with E-state index in [0.29, 0.717) is 41.1 Å². The summed E-state index contributed by atoms with van der Waals surface area (Å²) in [5.74, 6) is 0.224. The number of nitrogens with zero attached hydrogens (tertiary/aromatic N) is 3. The van der Waals surface area contributed by atoms with E-state index in [0.717, 1.165) is 22.2 Å². The van der Waals surface area contributed by atoms with Gasteiger partial charge in [0.05, 0.1) is 22.5 Å². The van der Waals surface area contributed by atoms with Gasteiger partial charge in [-0.1, -0.05) is 15.9 Å². The van der Waals surface area contributed by atoms with Crippen molar-refractivity contribution in [3.63, 3.8) is 0 Å². The fourth-order valence-electron chi connectivity index (χ4n) is 4.33. The summed E-state index contributed by atoms with van der Waals surface area (Å²) in [6, 6.07) is 13.8. The van der Waals surface area contributed by atoms with Crippen molar-refractivity contribution in [2.45, 2.75) is 31.8 Å². The molecule has 0 radical (unpaired) electrons. The third-order valence-electron chi connectivity index (χ3n) is 5.99. The van der Waals surface area contributed by atoms with Crippen molar-refractivity contribution in [2.24, 2.45) is 5.73 Å². The van der Waals surface area contributed by atoms with E-state index in [4.69, 9.17) is 10.5 Å². The first-order valence-corrected chi connectivity index (χ1v) is 11.2. The van der Waals surface area contributed by atoms with Crippen molar-refractivity contribution < 1.29 is 14.5 Å². The van der Waals surface area contributed by atoms with Gasteiger partial charge in [-0.3, -0.25) is 14.9 Å². The summed E-state index contributed by atoms with van der Waals surface area (Å²) in [6.45, 7) is 0.167. The summed E-state index contributed by atoms with van der Waals surface area (Å²) in [6.07, 6.45) is 1.88. The second-order valence-corrected chi connectivity index (χ2v) is 8.85. The number of non-ortho nitro benzene ring substituents is 1. The minimum Gasteiger partial charge on any atom is -0.489 e. The number of Topliss-reactive ketones (excluding diaryl/α,β-unsaturated/α-hetero) is 1. The summed E-state index contributed by atoms with van der Waals surface area (Å²) >= 11 is 3.49. The first-order valence-electron chi connectivity index (χ1n) is 10.4. The molecule has 0 unspecified atom stereocenters. The van der Waals surface area contributed by atoms with Gasteiger partial charge in [0.25, 0.3) is 5.69 Å². The Labute approximate surface area is 199 Å². The van der Waals surface area contributed by atoms with Crippen molar-refractivity contribution in [2.75, 3.05) is 7.05 Å². The molecule has 168 valence electrons. The number of nitriles is 1. The van der Waals surface area contributed by atoms with Gasteiger partial charge in [0.1, 0.15) is 18.2 Å². The van der Waals surface area contributed by atoms with E-state index in [9.17, 15) is 20.2 Å². The van der Waals surface area contributed by atoms with E-state index in [1.807, 2.05) is 12.1 Å². The van der Waals surface area contributed by atoms with Gasteiger partial charge in [-0.25, -0.2) is 0 Å². The van der Waals surface area contributed by atoms with Crippen LogP contribution in [-0.2, 0) is 11.4 Å². The number of nitro benzene ring substituents is 1. The Bertz CT molecular complexity index is 1240. The van der Waals surface area contributed by atoms with Gasteiger partial charge in [0.15, 0.2) is 5.78 Å². The first kappa shape index (κ1) is 22.6. The topological polar surface area (TPSA) is 122 Å². The molecule has 0 bridgehead atoms. The zero-order valence-corrected chi connectivity index (χ0v) is 19.5. The minimum atomic E-state index is -0.627. The molecular weight excluding hydrogens is 488 g/mol. The minimum absolute atomic E-state index is 0.00366. The molecule has 2 N–H and O–H groups in total. The van der Waals surface area contributed by atoms with Crippen LogP contribution >= 0.6 is 15.9 Å². The van der Waals surface area contributed by atoms with Crippen molar-refractivity contribution >= 4 is 27.4 Å². The van der Waals surface area contributed by atoms with Gasteiger partial charge >= 0.3 is 0 Å². The number of halogens is 1. The molecule has 2 aromatic carbocycles. The molecule has 1 aliphatic carbocycles. The number of carbonyl (C=O) groups excluding carboxylic acids is 1. The molecule has 4 rings (SSSR count). The van der Waals surface area contributed by atoms with E-state index in [-0.39, 0.29) is 18.1 Å². The third-order valence-corrected chi connectivity index (χ3v) is 6.49. The van der Waals surface area contributed by atoms with Gasteiger partial charge < -0.3 is 15.4 Å². The predicted molar refractivity (Wildman–Crippen MR) is 125 cm³/mol. The maximum Gasteiger partial charge on any atom is 0.269 e. The fraction of sp³-hybridized carbons (Fsp3) is 0.250. The SMILES string of the molecule is CN1C(N)=C(C#N)[C@@H](c2cc(Br)ccc2OCc2ccc([N+](=O)[O-])cc2)C2=C1CCCC2=O. The van der Waals surface area contributed by atoms with Crippen LogP contribution in [0.15, 0.2) is 69.6 Å². The Hall–Kier alpha value is -3.64. The monoisotopic (exact) mass is 508 g/mol. The van der Waals surface area contributed by atoms with E-state index in [1.165, 1.54) is 12.1 Å².